The second kappa shape index (κ2) is 7.00. The van der Waals surface area contributed by atoms with Gasteiger partial charge in [0, 0.05) is 38.1 Å². The number of anilines is 1. The molecular weight excluding hydrogens is 348 g/mol. The van der Waals surface area contributed by atoms with E-state index in [0.717, 1.165) is 24.4 Å². The maximum atomic E-state index is 13.2. The number of aryl methyl sites for hydroxylation is 1. The second-order valence-corrected chi connectivity index (χ2v) is 6.89. The van der Waals surface area contributed by atoms with Gasteiger partial charge in [0.15, 0.2) is 0 Å². The molecule has 1 aromatic carbocycles. The van der Waals surface area contributed by atoms with Gasteiger partial charge in [-0.1, -0.05) is 36.7 Å². The van der Waals surface area contributed by atoms with Crippen molar-refractivity contribution < 1.29 is 4.79 Å². The molecule has 5 nitrogen and oxygen atoms in total. The van der Waals surface area contributed by atoms with Crippen LogP contribution < -0.4 is 4.90 Å². The van der Waals surface area contributed by atoms with E-state index in [1.54, 1.807) is 12.3 Å². The first-order chi connectivity index (χ1) is 12.7. The van der Waals surface area contributed by atoms with Crippen molar-refractivity contribution in [2.24, 2.45) is 0 Å². The first kappa shape index (κ1) is 16.9. The zero-order valence-corrected chi connectivity index (χ0v) is 15.5. The SMILES string of the molecule is CCc1nc2ccc(Cl)cn2c1C(=O)N1CCN(c2ccccc2)CC1. The Labute approximate surface area is 157 Å². The topological polar surface area (TPSA) is 40.9 Å². The van der Waals surface area contributed by atoms with E-state index in [1.807, 2.05) is 40.5 Å². The molecule has 1 fully saturated rings. The molecule has 0 spiro atoms. The van der Waals surface area contributed by atoms with Crippen LogP contribution in [0.15, 0.2) is 48.7 Å². The van der Waals surface area contributed by atoms with E-state index >= 15 is 0 Å². The Bertz CT molecular complexity index is 930. The van der Waals surface area contributed by atoms with Crippen molar-refractivity contribution in [3.05, 3.63) is 65.1 Å². The lowest BCUT2D eigenvalue weighted by molar-refractivity contribution is 0.0738. The highest BCUT2D eigenvalue weighted by Gasteiger charge is 2.27. The van der Waals surface area contributed by atoms with Crippen molar-refractivity contribution in [2.45, 2.75) is 13.3 Å². The monoisotopic (exact) mass is 368 g/mol. The Hall–Kier alpha value is -2.53. The summed E-state index contributed by atoms with van der Waals surface area (Å²) in [7, 11) is 0. The number of aromatic nitrogens is 2. The van der Waals surface area contributed by atoms with Crippen LogP contribution in [0, 0.1) is 0 Å². The number of piperazine rings is 1. The number of benzene rings is 1. The maximum absolute atomic E-state index is 13.2. The highest BCUT2D eigenvalue weighted by atomic mass is 35.5. The molecule has 3 aromatic rings. The summed E-state index contributed by atoms with van der Waals surface area (Å²) in [6, 6.07) is 14.0. The van der Waals surface area contributed by atoms with Gasteiger partial charge in [0.1, 0.15) is 11.3 Å². The quantitative estimate of drug-likeness (QED) is 0.710. The summed E-state index contributed by atoms with van der Waals surface area (Å²) in [5, 5.41) is 0.598. The van der Waals surface area contributed by atoms with E-state index in [9.17, 15) is 4.79 Å². The minimum Gasteiger partial charge on any atom is -0.368 e. The van der Waals surface area contributed by atoms with Gasteiger partial charge in [-0.3, -0.25) is 9.20 Å². The molecule has 1 aliphatic rings. The second-order valence-electron chi connectivity index (χ2n) is 6.45. The smallest absolute Gasteiger partial charge is 0.272 e. The number of carbonyl (C=O) groups excluding carboxylic acids is 1. The van der Waals surface area contributed by atoms with Gasteiger partial charge in [-0.25, -0.2) is 4.98 Å². The van der Waals surface area contributed by atoms with Crippen LogP contribution in [0.5, 0.6) is 0 Å². The van der Waals surface area contributed by atoms with Crippen LogP contribution in [0.25, 0.3) is 5.65 Å². The average molecular weight is 369 g/mol. The van der Waals surface area contributed by atoms with Crippen LogP contribution in [0.3, 0.4) is 0 Å². The van der Waals surface area contributed by atoms with Gasteiger partial charge in [-0.2, -0.15) is 0 Å². The summed E-state index contributed by atoms with van der Waals surface area (Å²) in [6.07, 6.45) is 2.49. The molecule has 0 aliphatic carbocycles. The molecule has 26 heavy (non-hydrogen) atoms. The first-order valence-corrected chi connectivity index (χ1v) is 9.31. The summed E-state index contributed by atoms with van der Waals surface area (Å²) in [6.45, 7) is 5.08. The standard InChI is InChI=1S/C20H21ClN4O/c1-2-17-19(25-14-15(21)8-9-18(25)22-17)20(26)24-12-10-23(11-13-24)16-6-4-3-5-7-16/h3-9,14H,2,10-13H2,1H3. The highest BCUT2D eigenvalue weighted by molar-refractivity contribution is 6.30. The predicted octanol–water partition coefficient (Wildman–Crippen LogP) is 3.51. The van der Waals surface area contributed by atoms with Gasteiger partial charge in [0.05, 0.1) is 10.7 Å². The molecule has 0 bridgehead atoms. The fraction of sp³-hybridized carbons (Fsp3) is 0.300. The molecule has 3 heterocycles. The Kier molecular flexibility index (Phi) is 4.55. The number of pyridine rings is 1. The van der Waals surface area contributed by atoms with Crippen LogP contribution in [0.1, 0.15) is 23.1 Å². The molecule has 0 unspecified atom stereocenters. The van der Waals surface area contributed by atoms with Gasteiger partial charge >= 0.3 is 0 Å². The van der Waals surface area contributed by atoms with E-state index in [2.05, 4.69) is 22.0 Å². The molecule has 0 atom stereocenters. The average Bonchev–Trinajstić information content (AvgIpc) is 3.06. The third-order valence-electron chi connectivity index (χ3n) is 4.88. The molecule has 0 saturated carbocycles. The fourth-order valence-electron chi connectivity index (χ4n) is 3.50. The zero-order chi connectivity index (χ0) is 18.1. The minimum atomic E-state index is 0.0318. The van der Waals surface area contributed by atoms with E-state index in [4.69, 9.17) is 11.6 Å². The Morgan fingerprint density at radius 1 is 1.08 bits per heavy atom. The van der Waals surface area contributed by atoms with Gasteiger partial charge < -0.3 is 9.80 Å². The van der Waals surface area contributed by atoms with Crippen LogP contribution in [-0.4, -0.2) is 46.4 Å². The van der Waals surface area contributed by atoms with Gasteiger partial charge in [-0.05, 0) is 30.7 Å². The van der Waals surface area contributed by atoms with Gasteiger partial charge in [0.2, 0.25) is 0 Å². The lowest BCUT2D eigenvalue weighted by Crippen LogP contribution is -2.49. The molecule has 4 rings (SSSR count). The van der Waals surface area contributed by atoms with E-state index in [1.165, 1.54) is 5.69 Å². The first-order valence-electron chi connectivity index (χ1n) is 8.93. The zero-order valence-electron chi connectivity index (χ0n) is 14.7. The molecule has 0 radical (unpaired) electrons. The van der Waals surface area contributed by atoms with Crippen molar-refractivity contribution in [2.75, 3.05) is 31.1 Å². The molecule has 0 N–H and O–H groups in total. The lowest BCUT2D eigenvalue weighted by Gasteiger charge is -2.36. The number of nitrogens with zero attached hydrogens (tertiary/aromatic N) is 4. The number of para-hydroxylation sites is 1. The number of carbonyl (C=O) groups is 1. The highest BCUT2D eigenvalue weighted by Crippen LogP contribution is 2.21. The van der Waals surface area contributed by atoms with Crippen molar-refractivity contribution in [3.8, 4) is 0 Å². The summed E-state index contributed by atoms with van der Waals surface area (Å²) in [4.78, 5) is 22.0. The Balaban J connectivity index is 1.57. The number of fused-ring (bicyclic) bond motifs is 1. The van der Waals surface area contributed by atoms with E-state index < -0.39 is 0 Å². The third kappa shape index (κ3) is 3.03. The molecule has 1 aliphatic heterocycles. The van der Waals surface area contributed by atoms with Gasteiger partial charge in [-0.15, -0.1) is 0 Å². The summed E-state index contributed by atoms with van der Waals surface area (Å²) in [5.74, 6) is 0.0318. The molecule has 6 heteroatoms. The maximum Gasteiger partial charge on any atom is 0.272 e. The summed E-state index contributed by atoms with van der Waals surface area (Å²) < 4.78 is 1.83. The number of hydrogen-bond acceptors (Lipinski definition) is 3. The predicted molar refractivity (Wildman–Crippen MR) is 104 cm³/mol. The van der Waals surface area contributed by atoms with Gasteiger partial charge in [0.25, 0.3) is 5.91 Å². The molecular formula is C20H21ClN4O. The molecule has 1 amide bonds. The Morgan fingerprint density at radius 3 is 2.50 bits per heavy atom. The van der Waals surface area contributed by atoms with Crippen molar-refractivity contribution in [1.29, 1.82) is 0 Å². The fourth-order valence-corrected chi connectivity index (χ4v) is 3.66. The minimum absolute atomic E-state index is 0.0318. The molecule has 2 aromatic heterocycles. The van der Waals surface area contributed by atoms with E-state index in [-0.39, 0.29) is 5.91 Å². The van der Waals surface area contributed by atoms with Crippen LogP contribution in [0.4, 0.5) is 5.69 Å². The largest absolute Gasteiger partial charge is 0.368 e. The lowest BCUT2D eigenvalue weighted by atomic mass is 10.2. The van der Waals surface area contributed by atoms with Crippen molar-refractivity contribution >= 4 is 28.8 Å². The number of imidazole rings is 1. The molecule has 1 saturated heterocycles. The number of hydrogen-bond donors (Lipinski definition) is 0. The Morgan fingerprint density at radius 2 is 1.81 bits per heavy atom. The van der Waals surface area contributed by atoms with Crippen LogP contribution >= 0.6 is 11.6 Å². The molecule has 134 valence electrons. The van der Waals surface area contributed by atoms with Crippen molar-refractivity contribution in [3.63, 3.8) is 0 Å². The summed E-state index contributed by atoms with van der Waals surface area (Å²) >= 11 is 6.14. The summed E-state index contributed by atoms with van der Waals surface area (Å²) in [5.41, 5.74) is 3.42. The van der Waals surface area contributed by atoms with Crippen LogP contribution in [0.2, 0.25) is 5.02 Å². The normalized spacial score (nSPS) is 14.8. The van der Waals surface area contributed by atoms with Crippen LogP contribution in [-0.2, 0) is 6.42 Å². The third-order valence-corrected chi connectivity index (χ3v) is 5.10. The van der Waals surface area contributed by atoms with Crippen molar-refractivity contribution in [1.82, 2.24) is 14.3 Å². The van der Waals surface area contributed by atoms with E-state index in [0.29, 0.717) is 30.2 Å². The number of halogens is 1. The number of rotatable bonds is 3. The number of amides is 1.